The van der Waals surface area contributed by atoms with Gasteiger partial charge in [-0.05, 0) is 6.92 Å². The molecule has 0 spiro atoms. The number of nitrogens with one attached hydrogen (secondary N) is 3. The van der Waals surface area contributed by atoms with Crippen molar-refractivity contribution in [3.63, 3.8) is 0 Å². The van der Waals surface area contributed by atoms with Crippen molar-refractivity contribution in [3.05, 3.63) is 0 Å². The molecule has 0 aromatic heterocycles. The van der Waals surface area contributed by atoms with Gasteiger partial charge in [0, 0.05) is 33.0 Å². The maximum absolute atomic E-state index is 11.7. The number of hydrogen-bond acceptors (Lipinski definition) is 3. The molecule has 0 bridgehead atoms. The van der Waals surface area contributed by atoms with E-state index in [2.05, 4.69) is 16.0 Å². The Morgan fingerprint density at radius 1 is 1.38 bits per heavy atom. The highest BCUT2D eigenvalue weighted by Crippen LogP contribution is 2.24. The van der Waals surface area contributed by atoms with E-state index in [1.165, 1.54) is 6.92 Å². The third kappa shape index (κ3) is 3.22. The standard InChI is InChI=1S/C10H17N3O3/c1-7(14)11-3-4-12-9(16)10(2)5-8(15)13-6-10/h3-6H2,1-2H3,(H,11,14)(H,12,16)(H,13,15). The molecule has 1 aliphatic heterocycles. The smallest absolute Gasteiger partial charge is 0.228 e. The SMILES string of the molecule is CC(=O)NCCNC(=O)C1(C)CNC(=O)C1. The second-order valence-corrected chi connectivity index (χ2v) is 4.25. The van der Waals surface area contributed by atoms with E-state index >= 15 is 0 Å². The van der Waals surface area contributed by atoms with E-state index in [1.807, 2.05) is 0 Å². The van der Waals surface area contributed by atoms with Gasteiger partial charge in [0.25, 0.3) is 0 Å². The highest BCUT2D eigenvalue weighted by Gasteiger charge is 2.40. The van der Waals surface area contributed by atoms with Gasteiger partial charge >= 0.3 is 0 Å². The van der Waals surface area contributed by atoms with Gasteiger partial charge in [-0.3, -0.25) is 14.4 Å². The van der Waals surface area contributed by atoms with Crippen LogP contribution in [0.4, 0.5) is 0 Å². The molecule has 6 heteroatoms. The predicted octanol–water partition coefficient (Wildman–Crippen LogP) is -1.24. The maximum Gasteiger partial charge on any atom is 0.228 e. The molecule has 6 nitrogen and oxygen atoms in total. The Kier molecular flexibility index (Phi) is 3.87. The van der Waals surface area contributed by atoms with Crippen LogP contribution in [0, 0.1) is 5.41 Å². The maximum atomic E-state index is 11.7. The highest BCUT2D eigenvalue weighted by atomic mass is 16.2. The van der Waals surface area contributed by atoms with Gasteiger partial charge in [0.15, 0.2) is 0 Å². The summed E-state index contributed by atoms with van der Waals surface area (Å²) in [6.07, 6.45) is 0.221. The Morgan fingerprint density at radius 2 is 2.00 bits per heavy atom. The number of hydrogen-bond donors (Lipinski definition) is 3. The van der Waals surface area contributed by atoms with Crippen molar-refractivity contribution >= 4 is 17.7 Å². The van der Waals surface area contributed by atoms with Crippen LogP contribution in [-0.2, 0) is 14.4 Å². The van der Waals surface area contributed by atoms with Crippen molar-refractivity contribution in [3.8, 4) is 0 Å². The Morgan fingerprint density at radius 3 is 2.50 bits per heavy atom. The monoisotopic (exact) mass is 227 g/mol. The van der Waals surface area contributed by atoms with E-state index in [4.69, 9.17) is 0 Å². The lowest BCUT2D eigenvalue weighted by atomic mass is 9.88. The second kappa shape index (κ2) is 4.96. The molecule has 1 saturated heterocycles. The molecule has 3 N–H and O–H groups in total. The lowest BCUT2D eigenvalue weighted by molar-refractivity contribution is -0.131. The molecule has 0 saturated carbocycles. The van der Waals surface area contributed by atoms with E-state index in [-0.39, 0.29) is 24.1 Å². The Bertz CT molecular complexity index is 316. The van der Waals surface area contributed by atoms with E-state index < -0.39 is 5.41 Å². The number of carbonyl (C=O) groups is 3. The van der Waals surface area contributed by atoms with Crippen LogP contribution in [-0.4, -0.2) is 37.4 Å². The fourth-order valence-electron chi connectivity index (χ4n) is 1.56. The largest absolute Gasteiger partial charge is 0.355 e. The van der Waals surface area contributed by atoms with Crippen molar-refractivity contribution in [1.29, 1.82) is 0 Å². The van der Waals surface area contributed by atoms with E-state index in [0.717, 1.165) is 0 Å². The van der Waals surface area contributed by atoms with Gasteiger partial charge in [0.2, 0.25) is 17.7 Å². The van der Waals surface area contributed by atoms with E-state index in [0.29, 0.717) is 19.6 Å². The van der Waals surface area contributed by atoms with Crippen molar-refractivity contribution in [2.24, 2.45) is 5.41 Å². The van der Waals surface area contributed by atoms with Crippen LogP contribution in [0.1, 0.15) is 20.3 Å². The van der Waals surface area contributed by atoms with Crippen molar-refractivity contribution in [2.45, 2.75) is 20.3 Å². The Hall–Kier alpha value is -1.59. The van der Waals surface area contributed by atoms with Gasteiger partial charge in [0.05, 0.1) is 5.41 Å². The van der Waals surface area contributed by atoms with Gasteiger partial charge in [0.1, 0.15) is 0 Å². The fraction of sp³-hybridized carbons (Fsp3) is 0.700. The van der Waals surface area contributed by atoms with Crippen LogP contribution in [0.5, 0.6) is 0 Å². The zero-order valence-electron chi connectivity index (χ0n) is 9.55. The van der Waals surface area contributed by atoms with Gasteiger partial charge in [-0.15, -0.1) is 0 Å². The molecular formula is C10H17N3O3. The lowest BCUT2D eigenvalue weighted by Gasteiger charge is -2.20. The molecule has 0 aromatic carbocycles. The molecule has 0 radical (unpaired) electrons. The number of rotatable bonds is 4. The van der Waals surface area contributed by atoms with Crippen LogP contribution < -0.4 is 16.0 Å². The van der Waals surface area contributed by atoms with Crippen molar-refractivity contribution < 1.29 is 14.4 Å². The molecule has 1 fully saturated rings. The Labute approximate surface area is 94.2 Å². The highest BCUT2D eigenvalue weighted by molar-refractivity contribution is 5.92. The molecule has 16 heavy (non-hydrogen) atoms. The molecule has 3 amide bonds. The number of amides is 3. The third-order valence-electron chi connectivity index (χ3n) is 2.56. The van der Waals surface area contributed by atoms with Crippen LogP contribution >= 0.6 is 0 Å². The van der Waals surface area contributed by atoms with E-state index in [1.54, 1.807) is 6.92 Å². The van der Waals surface area contributed by atoms with Crippen LogP contribution in [0.15, 0.2) is 0 Å². The van der Waals surface area contributed by atoms with Gasteiger partial charge in [-0.2, -0.15) is 0 Å². The van der Waals surface area contributed by atoms with E-state index in [9.17, 15) is 14.4 Å². The average Bonchev–Trinajstić information content (AvgIpc) is 2.54. The molecule has 1 unspecified atom stereocenters. The first-order chi connectivity index (χ1) is 7.44. The molecule has 0 aromatic rings. The molecule has 0 aliphatic carbocycles. The summed E-state index contributed by atoms with van der Waals surface area (Å²) in [5, 5.41) is 7.90. The topological polar surface area (TPSA) is 87.3 Å². The predicted molar refractivity (Wildman–Crippen MR) is 57.4 cm³/mol. The van der Waals surface area contributed by atoms with Crippen molar-refractivity contribution in [1.82, 2.24) is 16.0 Å². The molecule has 1 aliphatic rings. The minimum absolute atomic E-state index is 0.0977. The van der Waals surface area contributed by atoms with Crippen LogP contribution in [0.2, 0.25) is 0 Å². The molecular weight excluding hydrogens is 210 g/mol. The lowest BCUT2D eigenvalue weighted by Crippen LogP contribution is -2.43. The number of carbonyl (C=O) groups excluding carboxylic acids is 3. The summed E-state index contributed by atoms with van der Waals surface area (Å²) in [4.78, 5) is 33.3. The van der Waals surface area contributed by atoms with Crippen LogP contribution in [0.3, 0.4) is 0 Å². The minimum Gasteiger partial charge on any atom is -0.355 e. The first-order valence-corrected chi connectivity index (χ1v) is 5.23. The van der Waals surface area contributed by atoms with Crippen LogP contribution in [0.25, 0.3) is 0 Å². The molecule has 1 rings (SSSR count). The van der Waals surface area contributed by atoms with Gasteiger partial charge in [-0.25, -0.2) is 0 Å². The van der Waals surface area contributed by atoms with Gasteiger partial charge in [-0.1, -0.05) is 0 Å². The fourth-order valence-corrected chi connectivity index (χ4v) is 1.56. The normalized spacial score (nSPS) is 23.8. The first kappa shape index (κ1) is 12.5. The quantitative estimate of drug-likeness (QED) is 0.525. The molecule has 1 atom stereocenters. The first-order valence-electron chi connectivity index (χ1n) is 5.23. The summed E-state index contributed by atoms with van der Waals surface area (Å²) < 4.78 is 0. The summed E-state index contributed by atoms with van der Waals surface area (Å²) in [6, 6.07) is 0. The zero-order chi connectivity index (χ0) is 12.2. The zero-order valence-corrected chi connectivity index (χ0v) is 9.55. The van der Waals surface area contributed by atoms with Gasteiger partial charge < -0.3 is 16.0 Å². The van der Waals surface area contributed by atoms with Crippen molar-refractivity contribution in [2.75, 3.05) is 19.6 Å². The average molecular weight is 227 g/mol. The Balaban J connectivity index is 2.30. The minimum atomic E-state index is -0.659. The summed E-state index contributed by atoms with van der Waals surface area (Å²) in [6.45, 7) is 4.32. The summed E-state index contributed by atoms with van der Waals surface area (Å²) in [7, 11) is 0. The summed E-state index contributed by atoms with van der Waals surface area (Å²) in [5.41, 5.74) is -0.659. The third-order valence-corrected chi connectivity index (χ3v) is 2.56. The summed E-state index contributed by atoms with van der Waals surface area (Å²) >= 11 is 0. The summed E-state index contributed by atoms with van der Waals surface area (Å²) in [5.74, 6) is -0.381. The molecule has 1 heterocycles. The molecule has 90 valence electrons. The second-order valence-electron chi connectivity index (χ2n) is 4.25.